The average molecular weight is 597 g/mol. The molecule has 2 atom stereocenters. The van der Waals surface area contributed by atoms with E-state index in [2.05, 4.69) is 22.2 Å². The first-order valence-electron chi connectivity index (χ1n) is 13.9. The van der Waals surface area contributed by atoms with E-state index in [1.165, 1.54) is 15.6 Å². The van der Waals surface area contributed by atoms with Gasteiger partial charge in [-0.25, -0.2) is 18.1 Å². The summed E-state index contributed by atoms with van der Waals surface area (Å²) in [5.41, 5.74) is 3.35. The predicted molar refractivity (Wildman–Crippen MR) is 157 cm³/mol. The molecule has 0 aliphatic carbocycles. The van der Waals surface area contributed by atoms with E-state index in [0.29, 0.717) is 35.9 Å². The van der Waals surface area contributed by atoms with Crippen LogP contribution in [0, 0.1) is 25.2 Å². The van der Waals surface area contributed by atoms with Gasteiger partial charge in [0.05, 0.1) is 34.8 Å². The number of nitrogens with zero attached hydrogens (tertiary/aromatic N) is 6. The monoisotopic (exact) mass is 596 g/mol. The molecule has 4 aromatic rings. The van der Waals surface area contributed by atoms with Crippen LogP contribution in [0.15, 0.2) is 35.4 Å². The van der Waals surface area contributed by atoms with Crippen molar-refractivity contribution in [1.82, 2.24) is 29.3 Å². The minimum Gasteiger partial charge on any atom is -0.481 e. The SMILES string of the molecule is CC[C@H]1Cc2ncccc2S(=O)(=O)N(Cc2nc([C@@H](c3ccc4c(nnn4CC)c3C)C(C)(C)C(=O)O)sc2C)C1. The summed E-state index contributed by atoms with van der Waals surface area (Å²) in [5.74, 6) is -1.40. The van der Waals surface area contributed by atoms with Gasteiger partial charge in [-0.05, 0) is 76.3 Å². The summed E-state index contributed by atoms with van der Waals surface area (Å²) in [5, 5.41) is 19.6. The number of carboxylic acids is 1. The van der Waals surface area contributed by atoms with Crippen molar-refractivity contribution >= 4 is 38.4 Å². The van der Waals surface area contributed by atoms with Crippen LogP contribution >= 0.6 is 11.3 Å². The number of aliphatic carboxylic acids is 1. The number of carbonyl (C=O) groups is 1. The Morgan fingerprint density at radius 3 is 2.66 bits per heavy atom. The smallest absolute Gasteiger partial charge is 0.310 e. The van der Waals surface area contributed by atoms with Gasteiger partial charge in [0.15, 0.2) is 0 Å². The van der Waals surface area contributed by atoms with Gasteiger partial charge in [-0.3, -0.25) is 9.78 Å². The van der Waals surface area contributed by atoms with E-state index in [4.69, 9.17) is 4.98 Å². The Kier molecular flexibility index (Phi) is 7.77. The Hall–Kier alpha value is -3.22. The third-order valence-corrected chi connectivity index (χ3v) is 11.3. The zero-order chi connectivity index (χ0) is 29.7. The van der Waals surface area contributed by atoms with Crippen LogP contribution in [0.5, 0.6) is 0 Å². The largest absolute Gasteiger partial charge is 0.481 e. The standard InChI is InChI=1S/C29H36N6O4S2/c1-7-19-14-21-24(10-9-13-30-21)41(38,39)34(15-19)16-22-18(4)40-27(31-22)25(29(5,6)28(36)37)20-11-12-23-26(17(20)3)32-33-35(23)8-2/h9-13,19,25H,7-8,14-16H2,1-6H3,(H,36,37)/t19-,25+/m0/s1. The maximum absolute atomic E-state index is 13.8. The van der Waals surface area contributed by atoms with Gasteiger partial charge in [-0.15, -0.1) is 16.4 Å². The van der Waals surface area contributed by atoms with Crippen LogP contribution in [0.25, 0.3) is 11.0 Å². The summed E-state index contributed by atoms with van der Waals surface area (Å²) in [6.07, 6.45) is 3.06. The molecule has 0 bridgehead atoms. The summed E-state index contributed by atoms with van der Waals surface area (Å²) in [6, 6.07) is 7.17. The first-order valence-corrected chi connectivity index (χ1v) is 16.1. The van der Waals surface area contributed by atoms with E-state index in [1.54, 1.807) is 32.2 Å². The van der Waals surface area contributed by atoms with Gasteiger partial charge in [0.25, 0.3) is 0 Å². The number of aromatic nitrogens is 5. The number of carboxylic acid groups (broad SMARTS) is 1. The van der Waals surface area contributed by atoms with Crippen molar-refractivity contribution in [2.45, 2.75) is 78.3 Å². The highest BCUT2D eigenvalue weighted by Crippen LogP contribution is 2.45. The lowest BCUT2D eigenvalue weighted by Gasteiger charge is -2.30. The third kappa shape index (κ3) is 5.06. The van der Waals surface area contributed by atoms with Crippen LogP contribution in [0.3, 0.4) is 0 Å². The van der Waals surface area contributed by atoms with Crippen molar-refractivity contribution in [2.75, 3.05) is 6.54 Å². The zero-order valence-corrected chi connectivity index (χ0v) is 25.9. The van der Waals surface area contributed by atoms with Gasteiger partial charge < -0.3 is 5.11 Å². The molecular formula is C29H36N6O4S2. The second-order valence-corrected chi connectivity index (χ2v) is 14.4. The zero-order valence-electron chi connectivity index (χ0n) is 24.2. The lowest BCUT2D eigenvalue weighted by atomic mass is 9.74. The highest BCUT2D eigenvalue weighted by Gasteiger charge is 2.42. The summed E-state index contributed by atoms with van der Waals surface area (Å²) >= 11 is 1.42. The van der Waals surface area contributed by atoms with Gasteiger partial charge in [0.1, 0.15) is 15.4 Å². The fraction of sp³-hybridized carbons (Fsp3) is 0.483. The molecule has 218 valence electrons. The Morgan fingerprint density at radius 1 is 1.22 bits per heavy atom. The van der Waals surface area contributed by atoms with Crippen molar-refractivity contribution in [3.05, 3.63) is 62.9 Å². The Morgan fingerprint density at radius 2 is 1.98 bits per heavy atom. The van der Waals surface area contributed by atoms with Crippen LogP contribution in [-0.4, -0.2) is 55.3 Å². The molecule has 10 nitrogen and oxygen atoms in total. The lowest BCUT2D eigenvalue weighted by Crippen LogP contribution is -2.34. The molecule has 0 spiro atoms. The molecule has 0 radical (unpaired) electrons. The van der Waals surface area contributed by atoms with Crippen LogP contribution in [0.1, 0.15) is 72.4 Å². The minimum atomic E-state index is -3.79. The van der Waals surface area contributed by atoms with Crippen molar-refractivity contribution in [3.63, 3.8) is 0 Å². The fourth-order valence-corrected chi connectivity index (χ4v) is 8.57. The van der Waals surface area contributed by atoms with Crippen molar-refractivity contribution in [2.24, 2.45) is 11.3 Å². The molecular weight excluding hydrogens is 560 g/mol. The second kappa shape index (κ2) is 10.9. The fourth-order valence-electron chi connectivity index (χ4n) is 5.67. The predicted octanol–water partition coefficient (Wildman–Crippen LogP) is 4.94. The second-order valence-electron chi connectivity index (χ2n) is 11.3. The first kappa shape index (κ1) is 29.3. The van der Waals surface area contributed by atoms with Gasteiger partial charge in [-0.2, -0.15) is 4.31 Å². The van der Waals surface area contributed by atoms with Crippen molar-refractivity contribution in [3.8, 4) is 0 Å². The Balaban J connectivity index is 1.59. The molecule has 0 fully saturated rings. The van der Waals surface area contributed by atoms with E-state index < -0.39 is 27.3 Å². The van der Waals surface area contributed by atoms with E-state index >= 15 is 0 Å². The van der Waals surface area contributed by atoms with E-state index in [1.807, 2.05) is 37.6 Å². The van der Waals surface area contributed by atoms with Crippen LogP contribution in [0.4, 0.5) is 0 Å². The molecule has 41 heavy (non-hydrogen) atoms. The topological polar surface area (TPSA) is 131 Å². The molecule has 0 saturated carbocycles. The summed E-state index contributed by atoms with van der Waals surface area (Å²) < 4.78 is 30.9. The molecule has 12 heteroatoms. The van der Waals surface area contributed by atoms with Gasteiger partial charge in [0, 0.05) is 24.2 Å². The maximum Gasteiger partial charge on any atom is 0.310 e. The number of sulfonamides is 1. The summed E-state index contributed by atoms with van der Waals surface area (Å²) in [6.45, 7) is 12.5. The molecule has 5 rings (SSSR count). The van der Waals surface area contributed by atoms with Crippen LogP contribution in [-0.2, 0) is 34.3 Å². The molecule has 1 aromatic carbocycles. The first-order chi connectivity index (χ1) is 19.4. The Labute approximate surface area is 244 Å². The molecule has 1 N–H and O–H groups in total. The van der Waals surface area contributed by atoms with Gasteiger partial charge >= 0.3 is 5.97 Å². The molecule has 4 heterocycles. The number of hydrogen-bond donors (Lipinski definition) is 1. The number of hydrogen-bond acceptors (Lipinski definition) is 8. The molecule has 1 aliphatic heterocycles. The number of pyridine rings is 1. The molecule has 0 saturated heterocycles. The molecule has 0 unspecified atom stereocenters. The van der Waals surface area contributed by atoms with Crippen molar-refractivity contribution < 1.29 is 18.3 Å². The number of fused-ring (bicyclic) bond motifs is 2. The number of aryl methyl sites for hydroxylation is 3. The highest BCUT2D eigenvalue weighted by molar-refractivity contribution is 7.89. The van der Waals surface area contributed by atoms with Crippen molar-refractivity contribution in [1.29, 1.82) is 0 Å². The molecule has 0 amide bonds. The quantitative estimate of drug-likeness (QED) is 0.303. The van der Waals surface area contributed by atoms with Crippen LogP contribution < -0.4 is 0 Å². The van der Waals surface area contributed by atoms with Gasteiger partial charge in [0.2, 0.25) is 10.0 Å². The van der Waals surface area contributed by atoms with E-state index in [9.17, 15) is 18.3 Å². The summed E-state index contributed by atoms with van der Waals surface area (Å²) in [4.78, 5) is 23.1. The number of rotatable bonds is 8. The van der Waals surface area contributed by atoms with E-state index in [0.717, 1.165) is 33.5 Å². The number of thiazole rings is 1. The molecule has 3 aromatic heterocycles. The number of benzene rings is 1. The Bertz CT molecular complexity index is 1730. The normalized spacial score (nSPS) is 18.2. The maximum atomic E-state index is 13.8. The minimum absolute atomic E-state index is 0.110. The van der Waals surface area contributed by atoms with Gasteiger partial charge in [-0.1, -0.05) is 24.6 Å². The summed E-state index contributed by atoms with van der Waals surface area (Å²) in [7, 11) is -3.79. The highest BCUT2D eigenvalue weighted by atomic mass is 32.2. The van der Waals surface area contributed by atoms with E-state index in [-0.39, 0.29) is 17.4 Å². The molecule has 1 aliphatic rings. The van der Waals surface area contributed by atoms with Crippen LogP contribution in [0.2, 0.25) is 0 Å². The lowest BCUT2D eigenvalue weighted by molar-refractivity contribution is -0.147. The average Bonchev–Trinajstić information content (AvgIpc) is 3.49. The third-order valence-electron chi connectivity index (χ3n) is 8.34.